The van der Waals surface area contributed by atoms with E-state index >= 15 is 0 Å². The highest BCUT2D eigenvalue weighted by Gasteiger charge is 2.21. The lowest BCUT2D eigenvalue weighted by Crippen LogP contribution is -1.99. The van der Waals surface area contributed by atoms with Crippen LogP contribution in [0, 0.1) is 0 Å². The quantitative estimate of drug-likeness (QED) is 0.166. The van der Waals surface area contributed by atoms with Crippen molar-refractivity contribution in [1.29, 1.82) is 0 Å². The van der Waals surface area contributed by atoms with Crippen LogP contribution in [0.5, 0.6) is 0 Å². The van der Waals surface area contributed by atoms with Gasteiger partial charge in [-0.2, -0.15) is 0 Å². The van der Waals surface area contributed by atoms with E-state index in [-0.39, 0.29) is 0 Å². The number of rotatable bonds is 4. The van der Waals surface area contributed by atoms with Crippen molar-refractivity contribution in [1.82, 2.24) is 33.6 Å². The highest BCUT2D eigenvalue weighted by atomic mass is 15.0. The molecule has 0 aliphatic rings. The molecule has 8 aromatic carbocycles. The third kappa shape index (κ3) is 4.84. The molecule has 0 bridgehead atoms. The molecule has 292 valence electrons. The molecule has 6 heterocycles. The second-order valence-corrected chi connectivity index (χ2v) is 16.3. The zero-order valence-electron chi connectivity index (χ0n) is 33.7. The Morgan fingerprint density at radius 1 is 0.286 bits per heavy atom. The summed E-state index contributed by atoms with van der Waals surface area (Å²) in [4.78, 5) is 20.3. The van der Waals surface area contributed by atoms with Gasteiger partial charge in [0.1, 0.15) is 0 Å². The maximum Gasteiger partial charge on any atom is 0.0995 e. The van der Waals surface area contributed by atoms with Gasteiger partial charge in [0.25, 0.3) is 0 Å². The summed E-state index contributed by atoms with van der Waals surface area (Å²) in [6.07, 6.45) is 5.52. The van der Waals surface area contributed by atoms with Gasteiger partial charge in [0.2, 0.25) is 0 Å². The van der Waals surface area contributed by atoms with Gasteiger partial charge in [-0.15, -0.1) is 0 Å². The highest BCUT2D eigenvalue weighted by molar-refractivity contribution is 6.21. The minimum Gasteiger partial charge on any atom is -0.309 e. The molecule has 7 heteroatoms. The van der Waals surface area contributed by atoms with E-state index in [0.717, 1.165) is 83.0 Å². The van der Waals surface area contributed by atoms with Crippen molar-refractivity contribution in [2.75, 3.05) is 0 Å². The van der Waals surface area contributed by atoms with Crippen molar-refractivity contribution in [2.45, 2.75) is 0 Å². The molecule has 14 rings (SSSR count). The minimum absolute atomic E-state index is 0.792. The van der Waals surface area contributed by atoms with Gasteiger partial charge in [0.05, 0.1) is 72.7 Å². The molecule has 0 amide bonds. The van der Waals surface area contributed by atoms with Gasteiger partial charge in [0, 0.05) is 72.4 Å². The van der Waals surface area contributed by atoms with Crippen molar-refractivity contribution in [3.05, 3.63) is 201 Å². The molecule has 0 fully saturated rings. The van der Waals surface area contributed by atoms with E-state index in [1.54, 1.807) is 12.4 Å². The number of hydrogen-bond donors (Lipinski definition) is 0. The first-order chi connectivity index (χ1) is 31.3. The average molecular weight is 804 g/mol. The molecule has 0 N–H and O–H groups in total. The van der Waals surface area contributed by atoms with E-state index < -0.39 is 0 Å². The van der Waals surface area contributed by atoms with Crippen molar-refractivity contribution >= 4 is 98.3 Å². The SMILES string of the molecule is c1ccc(-c2ccc3c4nccnc4c4cc(-n5c6ccc(-n7c8ccccc8c8ccccc87)cc6c6ccc(-n7c8ccccc8c8ccccc87)cc65)cnc4c3n2)cc1. The van der Waals surface area contributed by atoms with Crippen LogP contribution >= 0.6 is 0 Å². The van der Waals surface area contributed by atoms with Crippen LogP contribution in [0.1, 0.15) is 0 Å². The molecule has 63 heavy (non-hydrogen) atoms. The van der Waals surface area contributed by atoms with Crippen molar-refractivity contribution in [2.24, 2.45) is 0 Å². The summed E-state index contributed by atoms with van der Waals surface area (Å²) in [5.41, 5.74) is 15.1. The van der Waals surface area contributed by atoms with Crippen molar-refractivity contribution in [3.8, 4) is 28.3 Å². The first-order valence-electron chi connectivity index (χ1n) is 21.2. The predicted octanol–water partition coefficient (Wildman–Crippen LogP) is 13.7. The molecule has 0 saturated carbocycles. The average Bonchev–Trinajstić information content (AvgIpc) is 3.99. The van der Waals surface area contributed by atoms with Gasteiger partial charge >= 0.3 is 0 Å². The zero-order chi connectivity index (χ0) is 41.2. The number of benzene rings is 8. The normalized spacial score (nSPS) is 12.1. The van der Waals surface area contributed by atoms with Crippen LogP contribution in [0.3, 0.4) is 0 Å². The van der Waals surface area contributed by atoms with E-state index in [1.165, 1.54) is 43.6 Å². The molecule has 0 radical (unpaired) electrons. The van der Waals surface area contributed by atoms with Crippen molar-refractivity contribution < 1.29 is 0 Å². The lowest BCUT2D eigenvalue weighted by Gasteiger charge is -2.13. The Bertz CT molecular complexity index is 4110. The summed E-state index contributed by atoms with van der Waals surface area (Å²) in [5, 5.41) is 9.06. The minimum atomic E-state index is 0.792. The van der Waals surface area contributed by atoms with E-state index in [2.05, 4.69) is 177 Å². The Morgan fingerprint density at radius 3 is 1.38 bits per heavy atom. The van der Waals surface area contributed by atoms with Crippen LogP contribution in [0.4, 0.5) is 0 Å². The lowest BCUT2D eigenvalue weighted by molar-refractivity contribution is 1.14. The Hall–Kier alpha value is -8.68. The Kier molecular flexibility index (Phi) is 6.98. The summed E-state index contributed by atoms with van der Waals surface area (Å²) in [5.74, 6) is 0. The van der Waals surface area contributed by atoms with Gasteiger partial charge in [-0.25, -0.2) is 4.98 Å². The molecule has 0 spiro atoms. The zero-order valence-corrected chi connectivity index (χ0v) is 33.7. The Morgan fingerprint density at radius 2 is 0.746 bits per heavy atom. The number of hydrogen-bond acceptors (Lipinski definition) is 4. The number of nitrogens with zero attached hydrogens (tertiary/aromatic N) is 7. The van der Waals surface area contributed by atoms with Crippen LogP contribution in [0.25, 0.3) is 127 Å². The van der Waals surface area contributed by atoms with Gasteiger partial charge in [-0.3, -0.25) is 15.0 Å². The molecule has 0 aliphatic heterocycles. The maximum atomic E-state index is 5.28. The summed E-state index contributed by atoms with van der Waals surface area (Å²) in [7, 11) is 0. The maximum absolute atomic E-state index is 5.28. The second-order valence-electron chi connectivity index (χ2n) is 16.3. The van der Waals surface area contributed by atoms with Crippen molar-refractivity contribution in [3.63, 3.8) is 0 Å². The van der Waals surface area contributed by atoms with E-state index in [0.29, 0.717) is 0 Å². The van der Waals surface area contributed by atoms with Gasteiger partial charge < -0.3 is 13.7 Å². The fraction of sp³-hybridized carbons (Fsp3) is 0. The van der Waals surface area contributed by atoms with Crippen LogP contribution in [-0.2, 0) is 0 Å². The van der Waals surface area contributed by atoms with Gasteiger partial charge in [0.15, 0.2) is 0 Å². The molecule has 7 nitrogen and oxygen atoms in total. The number of fused-ring (bicyclic) bond motifs is 15. The first-order valence-corrected chi connectivity index (χ1v) is 21.2. The monoisotopic (exact) mass is 803 g/mol. The van der Waals surface area contributed by atoms with E-state index in [4.69, 9.17) is 19.9 Å². The number of para-hydroxylation sites is 4. The molecule has 0 atom stereocenters. The summed E-state index contributed by atoms with van der Waals surface area (Å²) >= 11 is 0. The standard InChI is InChI=1S/C56H33N7/c1-2-12-34(13-3-1)46-26-25-43-53-54(58-29-28-57-53)45-31-37(33-59-55(45)56(43)60-46)63-51-27-23-35(61-47-18-8-4-14-38(47)39-15-5-9-19-48(39)61)30-44(51)42-24-22-36(32-52(42)63)62-49-20-10-6-16-40(49)41-17-7-11-21-50(41)62/h1-33H. The summed E-state index contributed by atoms with van der Waals surface area (Å²) in [6, 6.07) is 65.2. The fourth-order valence-corrected chi connectivity index (χ4v) is 10.2. The van der Waals surface area contributed by atoms with Crippen LogP contribution in [0.15, 0.2) is 201 Å². The smallest absolute Gasteiger partial charge is 0.0995 e. The molecule has 0 saturated heterocycles. The third-order valence-corrected chi connectivity index (χ3v) is 12.9. The van der Waals surface area contributed by atoms with Crippen LogP contribution in [0.2, 0.25) is 0 Å². The largest absolute Gasteiger partial charge is 0.309 e. The predicted molar refractivity (Wildman–Crippen MR) is 259 cm³/mol. The van der Waals surface area contributed by atoms with Gasteiger partial charge in [-0.1, -0.05) is 109 Å². The number of aromatic nitrogens is 7. The molecular formula is C56H33N7. The second kappa shape index (κ2) is 12.9. The lowest BCUT2D eigenvalue weighted by atomic mass is 10.0. The topological polar surface area (TPSA) is 66.3 Å². The van der Waals surface area contributed by atoms with Crippen LogP contribution in [-0.4, -0.2) is 33.6 Å². The molecule has 0 unspecified atom stereocenters. The Labute approximate surface area is 359 Å². The van der Waals surface area contributed by atoms with Crippen LogP contribution < -0.4 is 0 Å². The van der Waals surface area contributed by atoms with E-state index in [9.17, 15) is 0 Å². The summed E-state index contributed by atoms with van der Waals surface area (Å²) < 4.78 is 7.15. The molecule has 14 aromatic rings. The third-order valence-electron chi connectivity index (χ3n) is 12.9. The molecular weight excluding hydrogens is 771 g/mol. The van der Waals surface area contributed by atoms with Gasteiger partial charge in [-0.05, 0) is 72.8 Å². The Balaban J connectivity index is 1.07. The molecule has 6 aromatic heterocycles. The van der Waals surface area contributed by atoms with E-state index in [1.807, 2.05) is 24.4 Å². The fourth-order valence-electron chi connectivity index (χ4n) is 10.2. The first kappa shape index (κ1) is 34.1. The summed E-state index contributed by atoms with van der Waals surface area (Å²) in [6.45, 7) is 0. The molecule has 0 aliphatic carbocycles. The highest BCUT2D eigenvalue weighted by Crippen LogP contribution is 2.41. The number of pyridine rings is 2.